The Morgan fingerprint density at radius 3 is 2.45 bits per heavy atom. The van der Waals surface area contributed by atoms with Crippen LogP contribution in [0.4, 0.5) is 18.0 Å². The molecule has 0 bridgehead atoms. The molecule has 0 saturated carbocycles. The Morgan fingerprint density at radius 2 is 1.75 bits per heavy atom. The van der Waals surface area contributed by atoms with Gasteiger partial charge >= 0.3 is 6.03 Å². The summed E-state index contributed by atoms with van der Waals surface area (Å²) in [4.78, 5) is 19.8. The summed E-state index contributed by atoms with van der Waals surface area (Å²) in [5, 5.41) is 10.9. The van der Waals surface area contributed by atoms with Crippen LogP contribution in [0.1, 0.15) is 29.5 Å². The number of carbonyl (C=O) groups is 1. The standard InChI is InChI=1S/C32H34F3N3O2/c1-36-15-14-28(16-27(34)21-36)37(19-23-8-4-2-5-9-23)31(40)38-20-24(29-17-26(33)12-13-30(29)35)18-32(38,22-39)25-10-6-3-7-11-25/h2-13,17-18,27-28,39H,14-16,19-22H2,1H3/t27?,28?,32-/m1/s1. The third-order valence-corrected chi connectivity index (χ3v) is 8.01. The van der Waals surface area contributed by atoms with Gasteiger partial charge in [-0.3, -0.25) is 0 Å². The molecule has 40 heavy (non-hydrogen) atoms. The first kappa shape index (κ1) is 27.9. The maximum atomic E-state index is 15.0. The second-order valence-corrected chi connectivity index (χ2v) is 10.8. The monoisotopic (exact) mass is 549 g/mol. The molecule has 8 heteroatoms. The van der Waals surface area contributed by atoms with Gasteiger partial charge in [-0.1, -0.05) is 60.7 Å². The van der Waals surface area contributed by atoms with Crippen molar-refractivity contribution in [1.82, 2.24) is 14.7 Å². The molecule has 3 aromatic carbocycles. The molecule has 2 aliphatic rings. The molecular formula is C32H34F3N3O2. The number of urea groups is 1. The van der Waals surface area contributed by atoms with Gasteiger partial charge in [0.2, 0.25) is 0 Å². The summed E-state index contributed by atoms with van der Waals surface area (Å²) in [6, 6.07) is 21.0. The molecule has 0 aliphatic carbocycles. The molecule has 1 fully saturated rings. The van der Waals surface area contributed by atoms with Gasteiger partial charge in [0.1, 0.15) is 23.3 Å². The molecule has 0 spiro atoms. The van der Waals surface area contributed by atoms with E-state index in [2.05, 4.69) is 0 Å². The summed E-state index contributed by atoms with van der Waals surface area (Å²) >= 11 is 0. The van der Waals surface area contributed by atoms with E-state index >= 15 is 4.39 Å². The SMILES string of the molecule is CN1CCC(N(Cc2ccccc2)C(=O)N2CC(c3cc(F)ccc3F)=C[C@@]2(CO)c2ccccc2)CC(F)C1. The number of alkyl halides is 1. The Morgan fingerprint density at radius 1 is 1.05 bits per heavy atom. The fourth-order valence-corrected chi connectivity index (χ4v) is 5.91. The predicted molar refractivity (Wildman–Crippen MR) is 149 cm³/mol. The lowest BCUT2D eigenvalue weighted by atomic mass is 9.89. The lowest BCUT2D eigenvalue weighted by Gasteiger charge is -2.42. The van der Waals surface area contributed by atoms with E-state index in [9.17, 15) is 18.7 Å². The molecule has 5 nitrogen and oxygen atoms in total. The zero-order valence-electron chi connectivity index (χ0n) is 22.5. The molecule has 2 amide bonds. The molecule has 1 N–H and O–H groups in total. The molecule has 210 valence electrons. The minimum Gasteiger partial charge on any atom is -0.393 e. The van der Waals surface area contributed by atoms with Gasteiger partial charge in [0.15, 0.2) is 0 Å². The lowest BCUT2D eigenvalue weighted by molar-refractivity contribution is 0.0662. The van der Waals surface area contributed by atoms with E-state index in [1.165, 1.54) is 4.90 Å². The third-order valence-electron chi connectivity index (χ3n) is 8.01. The number of halogens is 3. The van der Waals surface area contributed by atoms with Crippen molar-refractivity contribution in [1.29, 1.82) is 0 Å². The minimum atomic E-state index is -1.32. The van der Waals surface area contributed by atoms with Gasteiger partial charge in [-0.05, 0) is 61.0 Å². The summed E-state index contributed by atoms with van der Waals surface area (Å²) in [5.41, 5.74) is 0.645. The van der Waals surface area contributed by atoms with E-state index in [0.717, 1.165) is 23.8 Å². The quantitative estimate of drug-likeness (QED) is 0.435. The first-order chi connectivity index (χ1) is 19.3. The average molecular weight is 550 g/mol. The molecule has 2 aliphatic heterocycles. The van der Waals surface area contributed by atoms with E-state index in [-0.39, 0.29) is 25.1 Å². The molecule has 2 unspecified atom stereocenters. The van der Waals surface area contributed by atoms with Crippen molar-refractivity contribution in [2.24, 2.45) is 0 Å². The van der Waals surface area contributed by atoms with Crippen LogP contribution in [0.2, 0.25) is 0 Å². The maximum Gasteiger partial charge on any atom is 0.321 e. The highest BCUT2D eigenvalue weighted by Gasteiger charge is 2.47. The highest BCUT2D eigenvalue weighted by atomic mass is 19.1. The third kappa shape index (κ3) is 5.64. The molecule has 3 atom stereocenters. The van der Waals surface area contributed by atoms with Gasteiger partial charge in [0.05, 0.1) is 6.61 Å². The molecule has 1 saturated heterocycles. The summed E-state index contributed by atoms with van der Waals surface area (Å²) in [6.07, 6.45) is 1.33. The van der Waals surface area contributed by atoms with Crippen molar-refractivity contribution in [3.05, 3.63) is 113 Å². The van der Waals surface area contributed by atoms with Crippen LogP contribution in [0.25, 0.3) is 5.57 Å². The number of amides is 2. The topological polar surface area (TPSA) is 47.0 Å². The number of rotatable bonds is 6. The van der Waals surface area contributed by atoms with Gasteiger partial charge in [0, 0.05) is 37.7 Å². The van der Waals surface area contributed by atoms with E-state index in [1.54, 1.807) is 35.2 Å². The molecule has 0 aromatic heterocycles. The predicted octanol–water partition coefficient (Wildman–Crippen LogP) is 5.61. The summed E-state index contributed by atoms with van der Waals surface area (Å²) < 4.78 is 44.2. The zero-order chi connectivity index (χ0) is 28.3. The summed E-state index contributed by atoms with van der Waals surface area (Å²) in [7, 11) is 1.87. The van der Waals surface area contributed by atoms with Gasteiger partial charge in [-0.2, -0.15) is 0 Å². The number of aliphatic hydroxyl groups is 1. The Kier molecular flexibility index (Phi) is 8.28. The normalized spacial score (nSPS) is 23.5. The van der Waals surface area contributed by atoms with Crippen LogP contribution in [0, 0.1) is 11.6 Å². The van der Waals surface area contributed by atoms with Crippen molar-refractivity contribution >= 4 is 11.6 Å². The fraction of sp³-hybridized carbons (Fsp3) is 0.344. The summed E-state index contributed by atoms with van der Waals surface area (Å²) in [5.74, 6) is -1.21. The Hall–Kier alpha value is -3.62. The second kappa shape index (κ2) is 11.9. The first-order valence-corrected chi connectivity index (χ1v) is 13.6. The van der Waals surface area contributed by atoms with Crippen LogP contribution in [0.15, 0.2) is 84.9 Å². The highest BCUT2D eigenvalue weighted by Crippen LogP contribution is 2.42. The maximum absolute atomic E-state index is 15.0. The van der Waals surface area contributed by atoms with Gasteiger partial charge in [0.25, 0.3) is 0 Å². The molecule has 5 rings (SSSR count). The zero-order valence-corrected chi connectivity index (χ0v) is 22.5. The Bertz CT molecular complexity index is 1350. The molecular weight excluding hydrogens is 515 g/mol. The average Bonchev–Trinajstić information content (AvgIpc) is 3.28. The largest absolute Gasteiger partial charge is 0.393 e. The van der Waals surface area contributed by atoms with Crippen LogP contribution in [0.5, 0.6) is 0 Å². The van der Waals surface area contributed by atoms with Crippen LogP contribution in [-0.2, 0) is 12.1 Å². The second-order valence-electron chi connectivity index (χ2n) is 10.8. The van der Waals surface area contributed by atoms with E-state index < -0.39 is 42.0 Å². The van der Waals surface area contributed by atoms with E-state index in [0.29, 0.717) is 30.6 Å². The number of hydrogen-bond donors (Lipinski definition) is 1. The molecule has 3 aromatic rings. The van der Waals surface area contributed by atoms with Crippen LogP contribution in [0.3, 0.4) is 0 Å². The number of hydrogen-bond acceptors (Lipinski definition) is 3. The van der Waals surface area contributed by atoms with Crippen LogP contribution >= 0.6 is 0 Å². The van der Waals surface area contributed by atoms with Gasteiger partial charge < -0.3 is 19.8 Å². The number of likely N-dealkylation sites (tertiary alicyclic amines) is 1. The van der Waals surface area contributed by atoms with Gasteiger partial charge in [-0.25, -0.2) is 18.0 Å². The fourth-order valence-electron chi connectivity index (χ4n) is 5.91. The number of nitrogens with zero attached hydrogens (tertiary/aromatic N) is 3. The number of benzene rings is 3. The lowest BCUT2D eigenvalue weighted by Crippen LogP contribution is -2.55. The van der Waals surface area contributed by atoms with Crippen LogP contribution < -0.4 is 0 Å². The smallest absolute Gasteiger partial charge is 0.321 e. The summed E-state index contributed by atoms with van der Waals surface area (Å²) in [6.45, 7) is 0.651. The number of aliphatic hydroxyl groups excluding tert-OH is 1. The van der Waals surface area contributed by atoms with Crippen molar-refractivity contribution < 1.29 is 23.1 Å². The number of carbonyl (C=O) groups excluding carboxylic acids is 1. The van der Waals surface area contributed by atoms with Crippen molar-refractivity contribution in [2.75, 3.05) is 33.3 Å². The van der Waals surface area contributed by atoms with Crippen molar-refractivity contribution in [3.63, 3.8) is 0 Å². The van der Waals surface area contributed by atoms with Crippen molar-refractivity contribution in [3.8, 4) is 0 Å². The Balaban J connectivity index is 1.59. The van der Waals surface area contributed by atoms with E-state index in [4.69, 9.17) is 0 Å². The highest BCUT2D eigenvalue weighted by molar-refractivity contribution is 5.84. The van der Waals surface area contributed by atoms with Gasteiger partial charge in [-0.15, -0.1) is 0 Å². The first-order valence-electron chi connectivity index (χ1n) is 13.6. The minimum absolute atomic E-state index is 0.0404. The molecule has 0 radical (unpaired) electrons. The molecule has 2 heterocycles. The van der Waals surface area contributed by atoms with Crippen molar-refractivity contribution in [2.45, 2.75) is 37.1 Å². The van der Waals surface area contributed by atoms with E-state index in [1.807, 2.05) is 48.3 Å². The Labute approximate surface area is 233 Å². The van der Waals surface area contributed by atoms with Crippen LogP contribution in [-0.4, -0.2) is 71.3 Å².